The zero-order chi connectivity index (χ0) is 20.3. The van der Waals surface area contributed by atoms with Crippen molar-refractivity contribution in [2.75, 3.05) is 5.73 Å². The summed E-state index contributed by atoms with van der Waals surface area (Å²) in [4.78, 5) is 13.7. The Balaban J connectivity index is 1.97. The van der Waals surface area contributed by atoms with Gasteiger partial charge >= 0.3 is 0 Å². The van der Waals surface area contributed by atoms with E-state index in [1.807, 2.05) is 25.1 Å². The second-order valence-corrected chi connectivity index (χ2v) is 8.43. The van der Waals surface area contributed by atoms with Gasteiger partial charge in [-0.3, -0.25) is 4.79 Å². The second-order valence-electron chi connectivity index (χ2n) is 6.37. The van der Waals surface area contributed by atoms with Crippen molar-refractivity contribution >= 4 is 46.4 Å². The summed E-state index contributed by atoms with van der Waals surface area (Å²) in [5, 5.41) is 0.352. The first kappa shape index (κ1) is 20.7. The molecule has 0 saturated carbocycles. The van der Waals surface area contributed by atoms with Crippen molar-refractivity contribution in [1.82, 2.24) is 0 Å². The summed E-state index contributed by atoms with van der Waals surface area (Å²) in [5.74, 6) is -0.564. The molecule has 0 amide bonds. The topological polar surface area (TPSA) is 43.1 Å². The van der Waals surface area contributed by atoms with Crippen LogP contribution in [0, 0.1) is 12.7 Å². The first-order valence-corrected chi connectivity index (χ1v) is 10.2. The maximum absolute atomic E-state index is 14.6. The van der Waals surface area contributed by atoms with Crippen molar-refractivity contribution in [2.45, 2.75) is 23.5 Å². The minimum absolute atomic E-state index is 0.0702. The Morgan fingerprint density at radius 1 is 1.07 bits per heavy atom. The molecule has 0 saturated heterocycles. The molecule has 3 rings (SSSR count). The number of carbonyl (C=O) groups excluding carboxylic acids is 1. The van der Waals surface area contributed by atoms with Crippen LogP contribution in [0.15, 0.2) is 65.6 Å². The quantitative estimate of drug-likeness (QED) is 0.255. The maximum Gasteiger partial charge on any atom is 0.164 e. The molecule has 2 N–H and O–H groups in total. The van der Waals surface area contributed by atoms with Crippen LogP contribution in [-0.4, -0.2) is 5.78 Å². The molecule has 0 bridgehead atoms. The van der Waals surface area contributed by atoms with Crippen molar-refractivity contribution in [1.29, 1.82) is 0 Å². The lowest BCUT2D eigenvalue weighted by Gasteiger charge is -2.19. The van der Waals surface area contributed by atoms with Crippen LogP contribution < -0.4 is 5.73 Å². The lowest BCUT2D eigenvalue weighted by Crippen LogP contribution is -2.08. The number of anilines is 1. The molecule has 2 nitrogen and oxygen atoms in total. The summed E-state index contributed by atoms with van der Waals surface area (Å²) in [7, 11) is 0. The fourth-order valence-corrected chi connectivity index (χ4v) is 4.60. The van der Waals surface area contributed by atoms with Gasteiger partial charge in [0.1, 0.15) is 5.82 Å². The van der Waals surface area contributed by atoms with Crippen LogP contribution in [0.25, 0.3) is 0 Å². The molecular weight excluding hydrogens is 416 g/mol. The predicted octanol–water partition coefficient (Wildman–Crippen LogP) is 7.13. The Bertz CT molecular complexity index is 1000. The van der Waals surface area contributed by atoms with Crippen molar-refractivity contribution in [3.8, 4) is 0 Å². The molecule has 0 radical (unpaired) electrons. The predicted molar refractivity (Wildman–Crippen MR) is 116 cm³/mol. The molecule has 144 valence electrons. The minimum Gasteiger partial charge on any atom is -0.398 e. The van der Waals surface area contributed by atoms with Crippen LogP contribution in [0.1, 0.15) is 33.2 Å². The summed E-state index contributed by atoms with van der Waals surface area (Å²) in [6.45, 7) is 1.84. The molecule has 28 heavy (non-hydrogen) atoms. The van der Waals surface area contributed by atoms with Crippen molar-refractivity contribution in [2.24, 2.45) is 0 Å². The van der Waals surface area contributed by atoms with Crippen LogP contribution in [0.3, 0.4) is 0 Å². The highest BCUT2D eigenvalue weighted by Crippen LogP contribution is 2.44. The highest BCUT2D eigenvalue weighted by molar-refractivity contribution is 7.99. The first-order chi connectivity index (χ1) is 13.4. The Kier molecular flexibility index (Phi) is 6.65. The Morgan fingerprint density at radius 2 is 1.82 bits per heavy atom. The third kappa shape index (κ3) is 4.69. The number of hydrogen-bond donors (Lipinski definition) is 1. The summed E-state index contributed by atoms with van der Waals surface area (Å²) >= 11 is 13.7. The minimum atomic E-state index is -0.526. The number of nitrogen functional groups attached to an aromatic ring is 1. The number of aryl methyl sites for hydroxylation is 1. The Morgan fingerprint density at radius 3 is 2.50 bits per heavy atom. The van der Waals surface area contributed by atoms with Gasteiger partial charge in [0, 0.05) is 43.4 Å². The number of para-hydroxylation sites is 1. The van der Waals surface area contributed by atoms with Crippen LogP contribution >= 0.6 is 35.0 Å². The molecule has 3 aromatic rings. The molecule has 0 heterocycles. The number of hydrogen-bond acceptors (Lipinski definition) is 3. The average Bonchev–Trinajstić information content (AvgIpc) is 2.65. The van der Waals surface area contributed by atoms with E-state index in [0.717, 1.165) is 10.5 Å². The van der Waals surface area contributed by atoms with Gasteiger partial charge in [-0.05, 0) is 55.0 Å². The third-order valence-corrected chi connectivity index (χ3v) is 6.43. The summed E-state index contributed by atoms with van der Waals surface area (Å²) in [5.41, 5.74) is 8.27. The largest absolute Gasteiger partial charge is 0.398 e. The fourth-order valence-electron chi connectivity index (χ4n) is 2.87. The lowest BCUT2D eigenvalue weighted by molar-refractivity contribution is 0.0981. The van der Waals surface area contributed by atoms with E-state index in [4.69, 9.17) is 28.9 Å². The maximum atomic E-state index is 14.6. The molecule has 0 aliphatic carbocycles. The van der Waals surface area contributed by atoms with E-state index in [1.54, 1.807) is 36.4 Å². The number of rotatable bonds is 6. The number of Topliss-reactive ketones (excluding diaryl/α,β-unsaturated/α-hetero) is 1. The van der Waals surface area contributed by atoms with E-state index in [0.29, 0.717) is 21.8 Å². The zero-order valence-corrected chi connectivity index (χ0v) is 17.4. The van der Waals surface area contributed by atoms with Gasteiger partial charge in [0.15, 0.2) is 5.78 Å². The van der Waals surface area contributed by atoms with Crippen LogP contribution in [-0.2, 0) is 0 Å². The highest BCUT2D eigenvalue weighted by atomic mass is 35.5. The number of thioether (sulfide) groups is 1. The van der Waals surface area contributed by atoms with E-state index >= 15 is 0 Å². The first-order valence-electron chi connectivity index (χ1n) is 8.61. The monoisotopic (exact) mass is 433 g/mol. The van der Waals surface area contributed by atoms with Gasteiger partial charge in [-0.25, -0.2) is 4.39 Å². The second kappa shape index (κ2) is 8.99. The average molecular weight is 434 g/mol. The van der Waals surface area contributed by atoms with Gasteiger partial charge in [0.05, 0.1) is 0 Å². The molecule has 0 aliphatic rings. The van der Waals surface area contributed by atoms with E-state index in [2.05, 4.69) is 0 Å². The van der Waals surface area contributed by atoms with E-state index < -0.39 is 11.1 Å². The zero-order valence-electron chi connectivity index (χ0n) is 15.1. The molecular formula is C22H18Cl2FNOS. The number of nitrogens with two attached hydrogens (primary N) is 1. The van der Waals surface area contributed by atoms with Crippen molar-refractivity contribution in [3.05, 3.63) is 93.2 Å². The molecule has 0 aromatic heterocycles. The normalized spacial score (nSPS) is 12.0. The van der Waals surface area contributed by atoms with E-state index in [9.17, 15) is 9.18 Å². The van der Waals surface area contributed by atoms with Gasteiger partial charge in [-0.1, -0.05) is 41.4 Å². The van der Waals surface area contributed by atoms with Crippen molar-refractivity contribution in [3.63, 3.8) is 0 Å². The van der Waals surface area contributed by atoms with Gasteiger partial charge in [-0.15, -0.1) is 11.8 Å². The number of carbonyl (C=O) groups is 1. The molecule has 0 spiro atoms. The molecule has 3 aromatic carbocycles. The fraction of sp³-hybridized carbons (Fsp3) is 0.136. The highest BCUT2D eigenvalue weighted by Gasteiger charge is 2.25. The third-order valence-electron chi connectivity index (χ3n) is 4.36. The number of ketones is 1. The number of benzene rings is 3. The van der Waals surface area contributed by atoms with Crippen LogP contribution in [0.5, 0.6) is 0 Å². The SMILES string of the molecule is Cc1cc(C(=O)C[C@@H](Sc2ccccc2N)c2c(F)cccc2Cl)ccc1Cl. The molecule has 0 aliphatic heterocycles. The summed E-state index contributed by atoms with van der Waals surface area (Å²) < 4.78 is 14.6. The Labute approximate surface area is 177 Å². The van der Waals surface area contributed by atoms with Gasteiger partial charge in [-0.2, -0.15) is 0 Å². The van der Waals surface area contributed by atoms with Gasteiger partial charge < -0.3 is 5.73 Å². The molecule has 0 fully saturated rings. The van der Waals surface area contributed by atoms with E-state index in [-0.39, 0.29) is 17.2 Å². The molecule has 6 heteroatoms. The van der Waals surface area contributed by atoms with Crippen LogP contribution in [0.2, 0.25) is 10.0 Å². The van der Waals surface area contributed by atoms with Gasteiger partial charge in [0.2, 0.25) is 0 Å². The number of halogens is 3. The summed E-state index contributed by atoms with van der Waals surface area (Å²) in [6, 6.07) is 16.9. The molecule has 0 unspecified atom stereocenters. The lowest BCUT2D eigenvalue weighted by atomic mass is 10.0. The Hall–Kier alpha value is -2.01. The van der Waals surface area contributed by atoms with Crippen LogP contribution in [0.4, 0.5) is 10.1 Å². The standard InChI is InChI=1S/C22H18Cl2FNOS/c1-13-11-14(9-10-15(13)23)19(27)12-21(22-16(24)5-4-6-17(22)25)28-20-8-3-2-7-18(20)26/h2-11,21H,12,26H2,1H3/t21-/m1/s1. The van der Waals surface area contributed by atoms with Crippen molar-refractivity contribution < 1.29 is 9.18 Å². The smallest absolute Gasteiger partial charge is 0.164 e. The summed E-state index contributed by atoms with van der Waals surface area (Å²) in [6.07, 6.45) is 0.0702. The van der Waals surface area contributed by atoms with E-state index in [1.165, 1.54) is 17.8 Å². The van der Waals surface area contributed by atoms with Gasteiger partial charge in [0.25, 0.3) is 0 Å². The molecule has 1 atom stereocenters.